The third kappa shape index (κ3) is 2.84. The summed E-state index contributed by atoms with van der Waals surface area (Å²) in [5.74, 6) is 0.174. The van der Waals surface area contributed by atoms with Crippen LogP contribution in [0.4, 0.5) is 0 Å². The van der Waals surface area contributed by atoms with E-state index in [1.807, 2.05) is 24.3 Å². The van der Waals surface area contributed by atoms with E-state index >= 15 is 0 Å². The third-order valence-corrected chi connectivity index (χ3v) is 5.36. The van der Waals surface area contributed by atoms with Gasteiger partial charge in [0.25, 0.3) is 0 Å². The van der Waals surface area contributed by atoms with Crippen molar-refractivity contribution in [2.24, 2.45) is 5.92 Å². The number of ketones is 1. The zero-order chi connectivity index (χ0) is 16.7. The first-order chi connectivity index (χ1) is 11.6. The van der Waals surface area contributed by atoms with Gasteiger partial charge in [-0.1, -0.05) is 18.2 Å². The number of carbonyl (C=O) groups is 2. The fourth-order valence-electron chi connectivity index (χ4n) is 4.20. The van der Waals surface area contributed by atoms with Crippen molar-refractivity contribution in [1.29, 1.82) is 0 Å². The standard InChI is InChI=1S/C19H22N2O3/c1-11(22)12-6-13-8-15(9-14(7-12)21-13)24-19(23)17-10-20-18-5-3-2-4-16(17)18/h2-5,10,12-15,20-21H,6-9H2,1H3. The number of ether oxygens (including phenoxy) is 1. The zero-order valence-corrected chi connectivity index (χ0v) is 13.7. The van der Waals surface area contributed by atoms with Crippen LogP contribution in [0.3, 0.4) is 0 Å². The summed E-state index contributed by atoms with van der Waals surface area (Å²) in [5.41, 5.74) is 1.53. The molecule has 2 bridgehead atoms. The lowest BCUT2D eigenvalue weighted by atomic mass is 9.78. The lowest BCUT2D eigenvalue weighted by Gasteiger charge is -2.42. The highest BCUT2D eigenvalue weighted by atomic mass is 16.5. The van der Waals surface area contributed by atoms with Crippen molar-refractivity contribution in [3.63, 3.8) is 0 Å². The topological polar surface area (TPSA) is 71.2 Å². The van der Waals surface area contributed by atoms with E-state index in [2.05, 4.69) is 10.3 Å². The largest absolute Gasteiger partial charge is 0.459 e. The maximum absolute atomic E-state index is 12.6. The molecular weight excluding hydrogens is 304 g/mol. The summed E-state index contributed by atoms with van der Waals surface area (Å²) in [4.78, 5) is 27.3. The number of esters is 1. The average Bonchev–Trinajstić information content (AvgIpc) is 2.98. The maximum Gasteiger partial charge on any atom is 0.340 e. The Labute approximate surface area is 140 Å². The first-order valence-electron chi connectivity index (χ1n) is 8.63. The number of fused-ring (bicyclic) bond motifs is 3. The van der Waals surface area contributed by atoms with Crippen molar-refractivity contribution in [2.45, 2.75) is 50.8 Å². The van der Waals surface area contributed by atoms with Gasteiger partial charge in [-0.3, -0.25) is 4.79 Å². The molecule has 3 heterocycles. The van der Waals surface area contributed by atoms with E-state index in [0.717, 1.165) is 36.6 Å². The average molecular weight is 326 g/mol. The van der Waals surface area contributed by atoms with Crippen molar-refractivity contribution in [2.75, 3.05) is 0 Å². The summed E-state index contributed by atoms with van der Waals surface area (Å²) < 4.78 is 5.79. The van der Waals surface area contributed by atoms with Crippen LogP contribution >= 0.6 is 0 Å². The normalized spacial score (nSPS) is 29.4. The molecule has 2 unspecified atom stereocenters. The number of piperidine rings is 2. The molecular formula is C19H22N2O3. The highest BCUT2D eigenvalue weighted by molar-refractivity contribution is 6.04. The Hall–Kier alpha value is -2.14. The van der Waals surface area contributed by atoms with Gasteiger partial charge in [-0.15, -0.1) is 0 Å². The van der Waals surface area contributed by atoms with Crippen LogP contribution in [0.15, 0.2) is 30.5 Å². The van der Waals surface area contributed by atoms with Crippen LogP contribution in [-0.4, -0.2) is 34.9 Å². The fraction of sp³-hybridized carbons (Fsp3) is 0.474. The highest BCUT2D eigenvalue weighted by Gasteiger charge is 2.38. The maximum atomic E-state index is 12.6. The fourth-order valence-corrected chi connectivity index (χ4v) is 4.20. The summed E-state index contributed by atoms with van der Waals surface area (Å²) in [6.07, 6.45) is 4.93. The number of Topliss-reactive ketones (excluding diaryl/α,β-unsaturated/α-hetero) is 1. The Morgan fingerprint density at radius 1 is 1.08 bits per heavy atom. The summed E-state index contributed by atoms with van der Waals surface area (Å²) >= 11 is 0. The Bertz CT molecular complexity index is 768. The smallest absolute Gasteiger partial charge is 0.340 e. The second-order valence-corrected chi connectivity index (χ2v) is 7.09. The molecule has 1 aromatic carbocycles. The molecule has 4 rings (SSSR count). The third-order valence-electron chi connectivity index (χ3n) is 5.36. The molecule has 2 aliphatic heterocycles. The molecule has 126 valence electrons. The molecule has 0 amide bonds. The van der Waals surface area contributed by atoms with Crippen molar-refractivity contribution >= 4 is 22.7 Å². The summed E-state index contributed by atoms with van der Waals surface area (Å²) in [5, 5.41) is 4.45. The molecule has 2 N–H and O–H groups in total. The van der Waals surface area contributed by atoms with E-state index < -0.39 is 0 Å². The van der Waals surface area contributed by atoms with E-state index in [0.29, 0.717) is 5.56 Å². The minimum atomic E-state index is -0.263. The molecule has 2 fully saturated rings. The Morgan fingerprint density at radius 2 is 1.79 bits per heavy atom. The van der Waals surface area contributed by atoms with E-state index in [1.54, 1.807) is 13.1 Å². The lowest BCUT2D eigenvalue weighted by molar-refractivity contribution is -0.123. The van der Waals surface area contributed by atoms with Gasteiger partial charge in [0.15, 0.2) is 0 Å². The molecule has 5 nitrogen and oxygen atoms in total. The SMILES string of the molecule is CC(=O)C1CC2CC(OC(=O)c3c[nH]c4ccccc34)CC(C1)N2. The van der Waals surface area contributed by atoms with Gasteiger partial charge in [-0.05, 0) is 38.7 Å². The van der Waals surface area contributed by atoms with Crippen molar-refractivity contribution in [3.8, 4) is 0 Å². The van der Waals surface area contributed by atoms with E-state index in [9.17, 15) is 9.59 Å². The number of carbonyl (C=O) groups excluding carboxylic acids is 2. The summed E-state index contributed by atoms with van der Waals surface area (Å²) in [6, 6.07) is 8.27. The Balaban J connectivity index is 1.45. The van der Waals surface area contributed by atoms with Crippen LogP contribution in [0.5, 0.6) is 0 Å². The van der Waals surface area contributed by atoms with Gasteiger partial charge < -0.3 is 15.0 Å². The van der Waals surface area contributed by atoms with E-state index in [1.165, 1.54) is 0 Å². The second-order valence-electron chi connectivity index (χ2n) is 7.09. The van der Waals surface area contributed by atoms with Crippen LogP contribution < -0.4 is 5.32 Å². The molecule has 2 aliphatic rings. The van der Waals surface area contributed by atoms with E-state index in [4.69, 9.17) is 4.74 Å². The van der Waals surface area contributed by atoms with Gasteiger partial charge in [-0.25, -0.2) is 4.79 Å². The number of rotatable bonds is 3. The van der Waals surface area contributed by atoms with Gasteiger partial charge in [0.1, 0.15) is 11.9 Å². The summed E-state index contributed by atoms with van der Waals surface area (Å²) in [7, 11) is 0. The first-order valence-corrected chi connectivity index (χ1v) is 8.63. The number of aromatic amines is 1. The van der Waals surface area contributed by atoms with Crippen LogP contribution in [0.2, 0.25) is 0 Å². The number of H-pyrrole nitrogens is 1. The number of aromatic nitrogens is 1. The number of hydrogen-bond acceptors (Lipinski definition) is 4. The van der Waals surface area contributed by atoms with E-state index in [-0.39, 0.29) is 35.9 Å². The van der Waals surface area contributed by atoms with Crippen LogP contribution in [0.1, 0.15) is 43.0 Å². The van der Waals surface area contributed by atoms with Gasteiger partial charge >= 0.3 is 5.97 Å². The van der Waals surface area contributed by atoms with Gasteiger partial charge in [0.05, 0.1) is 5.56 Å². The molecule has 0 radical (unpaired) electrons. The molecule has 0 saturated carbocycles. The number of para-hydroxylation sites is 1. The predicted molar refractivity (Wildman–Crippen MR) is 90.9 cm³/mol. The summed E-state index contributed by atoms with van der Waals surface area (Å²) in [6.45, 7) is 1.68. The molecule has 2 aromatic rings. The van der Waals surface area contributed by atoms with Crippen molar-refractivity contribution in [3.05, 3.63) is 36.0 Å². The molecule has 0 spiro atoms. The molecule has 1 aromatic heterocycles. The highest BCUT2D eigenvalue weighted by Crippen LogP contribution is 2.32. The second kappa shape index (κ2) is 6.06. The zero-order valence-electron chi connectivity index (χ0n) is 13.7. The Kier molecular flexibility index (Phi) is 3.88. The monoisotopic (exact) mass is 326 g/mol. The molecule has 0 aliphatic carbocycles. The molecule has 5 heteroatoms. The van der Waals surface area contributed by atoms with Crippen LogP contribution in [-0.2, 0) is 9.53 Å². The van der Waals surface area contributed by atoms with Crippen molar-refractivity contribution < 1.29 is 14.3 Å². The molecule has 24 heavy (non-hydrogen) atoms. The van der Waals surface area contributed by atoms with Gasteiger partial charge in [0, 0.05) is 35.1 Å². The van der Waals surface area contributed by atoms with Gasteiger partial charge in [0.2, 0.25) is 0 Å². The number of nitrogens with one attached hydrogen (secondary N) is 2. The van der Waals surface area contributed by atoms with Gasteiger partial charge in [-0.2, -0.15) is 0 Å². The van der Waals surface area contributed by atoms with Crippen molar-refractivity contribution in [1.82, 2.24) is 10.3 Å². The Morgan fingerprint density at radius 3 is 2.50 bits per heavy atom. The van der Waals surface area contributed by atoms with Crippen LogP contribution in [0.25, 0.3) is 10.9 Å². The first kappa shape index (κ1) is 15.4. The number of benzene rings is 1. The minimum absolute atomic E-state index is 0.0738. The van der Waals surface area contributed by atoms with Crippen LogP contribution in [0, 0.1) is 5.92 Å². The minimum Gasteiger partial charge on any atom is -0.459 e. The molecule has 2 saturated heterocycles. The quantitative estimate of drug-likeness (QED) is 0.851. The lowest BCUT2D eigenvalue weighted by Crippen LogP contribution is -2.54. The number of hydrogen-bond donors (Lipinski definition) is 2. The predicted octanol–water partition coefficient (Wildman–Crippen LogP) is 2.81. The molecule has 2 atom stereocenters.